The zero-order valence-electron chi connectivity index (χ0n) is 11.6. The van der Waals surface area contributed by atoms with Crippen LogP contribution in [0.4, 0.5) is 0 Å². The van der Waals surface area contributed by atoms with Crippen molar-refractivity contribution in [3.63, 3.8) is 0 Å². The first-order valence-corrected chi connectivity index (χ1v) is 6.56. The lowest BCUT2D eigenvalue weighted by Crippen LogP contribution is -2.57. The number of aryl methyl sites for hydroxylation is 1. The normalized spacial score (nSPS) is 18.1. The maximum Gasteiger partial charge on any atom is 0.242 e. The van der Waals surface area contributed by atoms with E-state index in [0.717, 1.165) is 11.4 Å². The van der Waals surface area contributed by atoms with Crippen molar-refractivity contribution in [2.75, 3.05) is 20.3 Å². The van der Waals surface area contributed by atoms with Gasteiger partial charge in [-0.15, -0.1) is 0 Å². The Morgan fingerprint density at radius 3 is 2.79 bits per heavy atom. The molecule has 19 heavy (non-hydrogen) atoms. The van der Waals surface area contributed by atoms with Gasteiger partial charge >= 0.3 is 0 Å². The molecule has 0 aliphatic carbocycles. The van der Waals surface area contributed by atoms with E-state index in [-0.39, 0.29) is 5.91 Å². The summed E-state index contributed by atoms with van der Waals surface area (Å²) >= 11 is 0. The molecule has 104 valence electrons. The van der Waals surface area contributed by atoms with Gasteiger partial charge in [0.2, 0.25) is 5.91 Å². The van der Waals surface area contributed by atoms with E-state index in [1.54, 1.807) is 11.9 Å². The Kier molecular flexibility index (Phi) is 4.17. The molecule has 1 amide bonds. The largest absolute Gasteiger partial charge is 0.381 e. The Bertz CT molecular complexity index is 456. The summed E-state index contributed by atoms with van der Waals surface area (Å²) in [6, 6.07) is 5.81. The van der Waals surface area contributed by atoms with Gasteiger partial charge in [0.15, 0.2) is 0 Å². The summed E-state index contributed by atoms with van der Waals surface area (Å²) in [7, 11) is 1.77. The fraction of sp³-hybridized carbons (Fsp3) is 0.571. The molecule has 2 heterocycles. The molecule has 1 fully saturated rings. The fourth-order valence-electron chi connectivity index (χ4n) is 2.33. The number of likely N-dealkylation sites (N-methyl/N-ethyl adjacent to an activating group) is 1. The highest BCUT2D eigenvalue weighted by Gasteiger charge is 2.37. The van der Waals surface area contributed by atoms with Crippen molar-refractivity contribution >= 4 is 5.91 Å². The van der Waals surface area contributed by atoms with Gasteiger partial charge in [-0.05, 0) is 31.9 Å². The van der Waals surface area contributed by atoms with E-state index in [1.165, 1.54) is 0 Å². The van der Waals surface area contributed by atoms with Gasteiger partial charge in [0, 0.05) is 26.0 Å². The predicted molar refractivity (Wildman–Crippen MR) is 72.4 cm³/mol. The van der Waals surface area contributed by atoms with Crippen LogP contribution < -0.4 is 5.73 Å². The van der Waals surface area contributed by atoms with Gasteiger partial charge in [-0.2, -0.15) is 0 Å². The molecule has 2 rings (SSSR count). The Balaban J connectivity index is 2.03. The second kappa shape index (κ2) is 5.67. The average molecular weight is 263 g/mol. The molecule has 0 saturated carbocycles. The minimum atomic E-state index is -0.781. The van der Waals surface area contributed by atoms with Gasteiger partial charge in [0.25, 0.3) is 0 Å². The van der Waals surface area contributed by atoms with Gasteiger partial charge in [-0.1, -0.05) is 6.07 Å². The molecule has 2 N–H and O–H groups in total. The number of hydrogen-bond acceptors (Lipinski definition) is 4. The van der Waals surface area contributed by atoms with Crippen LogP contribution in [-0.4, -0.2) is 41.6 Å². The number of rotatable bonds is 3. The second-order valence-electron chi connectivity index (χ2n) is 5.20. The molecule has 0 bridgehead atoms. The zero-order chi connectivity index (χ0) is 13.9. The molecule has 0 unspecified atom stereocenters. The number of aromatic nitrogens is 1. The maximum absolute atomic E-state index is 12.4. The Morgan fingerprint density at radius 1 is 1.47 bits per heavy atom. The van der Waals surface area contributed by atoms with E-state index in [4.69, 9.17) is 10.5 Å². The molecule has 0 aromatic carbocycles. The summed E-state index contributed by atoms with van der Waals surface area (Å²) in [5.41, 5.74) is 7.25. The van der Waals surface area contributed by atoms with E-state index in [1.807, 2.05) is 25.1 Å². The van der Waals surface area contributed by atoms with Crippen molar-refractivity contribution in [3.8, 4) is 0 Å². The molecule has 0 spiro atoms. The molecule has 1 aromatic heterocycles. The number of nitrogens with zero attached hydrogens (tertiary/aromatic N) is 2. The quantitative estimate of drug-likeness (QED) is 0.878. The van der Waals surface area contributed by atoms with E-state index in [9.17, 15) is 4.79 Å². The molecule has 0 atom stereocenters. The summed E-state index contributed by atoms with van der Waals surface area (Å²) in [6.45, 7) is 3.53. The molecular formula is C14H21N3O2. The van der Waals surface area contributed by atoms with Crippen LogP contribution in [0.5, 0.6) is 0 Å². The molecular weight excluding hydrogens is 242 g/mol. The van der Waals surface area contributed by atoms with E-state index >= 15 is 0 Å². The number of pyridine rings is 1. The minimum absolute atomic E-state index is 0.0286. The topological polar surface area (TPSA) is 68.5 Å². The zero-order valence-corrected chi connectivity index (χ0v) is 11.6. The van der Waals surface area contributed by atoms with Gasteiger partial charge < -0.3 is 15.4 Å². The predicted octanol–water partition coefficient (Wildman–Crippen LogP) is 0.856. The first-order valence-electron chi connectivity index (χ1n) is 6.56. The van der Waals surface area contributed by atoms with Crippen molar-refractivity contribution < 1.29 is 9.53 Å². The fourth-order valence-corrected chi connectivity index (χ4v) is 2.33. The smallest absolute Gasteiger partial charge is 0.242 e. The summed E-state index contributed by atoms with van der Waals surface area (Å²) in [6.07, 6.45) is 1.16. The lowest BCUT2D eigenvalue weighted by molar-refractivity contribution is -0.139. The lowest BCUT2D eigenvalue weighted by atomic mass is 9.90. The van der Waals surface area contributed by atoms with Crippen molar-refractivity contribution in [2.24, 2.45) is 5.73 Å². The Hall–Kier alpha value is -1.46. The van der Waals surface area contributed by atoms with Crippen LogP contribution in [-0.2, 0) is 16.1 Å². The lowest BCUT2D eigenvalue weighted by Gasteiger charge is -2.35. The maximum atomic E-state index is 12.4. The third kappa shape index (κ3) is 3.30. The SMILES string of the molecule is Cc1cccc(CN(C)C(=O)C2(N)CCOCC2)n1. The molecule has 1 saturated heterocycles. The van der Waals surface area contributed by atoms with Gasteiger partial charge in [-0.25, -0.2) is 0 Å². The highest BCUT2D eigenvalue weighted by Crippen LogP contribution is 2.20. The molecule has 5 heteroatoms. The monoisotopic (exact) mass is 263 g/mol. The van der Waals surface area contributed by atoms with Crippen molar-refractivity contribution in [1.82, 2.24) is 9.88 Å². The van der Waals surface area contributed by atoms with Crippen molar-refractivity contribution in [1.29, 1.82) is 0 Å². The summed E-state index contributed by atoms with van der Waals surface area (Å²) in [5, 5.41) is 0. The number of ether oxygens (including phenoxy) is 1. The minimum Gasteiger partial charge on any atom is -0.381 e. The van der Waals surface area contributed by atoms with Crippen LogP contribution in [0.25, 0.3) is 0 Å². The van der Waals surface area contributed by atoms with Crippen molar-refractivity contribution in [3.05, 3.63) is 29.6 Å². The second-order valence-corrected chi connectivity index (χ2v) is 5.20. The number of hydrogen-bond donors (Lipinski definition) is 1. The third-order valence-corrected chi connectivity index (χ3v) is 3.50. The first-order chi connectivity index (χ1) is 9.01. The van der Waals surface area contributed by atoms with Crippen LogP contribution in [0.1, 0.15) is 24.2 Å². The van der Waals surface area contributed by atoms with E-state index in [2.05, 4.69) is 4.98 Å². The van der Waals surface area contributed by atoms with Crippen molar-refractivity contribution in [2.45, 2.75) is 31.8 Å². The van der Waals surface area contributed by atoms with Crippen LogP contribution in [0.3, 0.4) is 0 Å². The van der Waals surface area contributed by atoms with Crippen LogP contribution >= 0.6 is 0 Å². The Labute approximate surface area is 113 Å². The number of carbonyl (C=O) groups is 1. The van der Waals surface area contributed by atoms with Gasteiger partial charge in [0.05, 0.1) is 17.8 Å². The molecule has 5 nitrogen and oxygen atoms in total. The molecule has 0 radical (unpaired) electrons. The number of carbonyl (C=O) groups excluding carboxylic acids is 1. The Morgan fingerprint density at radius 2 is 2.16 bits per heavy atom. The van der Waals surface area contributed by atoms with E-state index < -0.39 is 5.54 Å². The van der Waals surface area contributed by atoms with Gasteiger partial charge in [0.1, 0.15) is 0 Å². The number of amides is 1. The molecule has 1 aromatic rings. The summed E-state index contributed by atoms with van der Waals surface area (Å²) in [4.78, 5) is 18.5. The van der Waals surface area contributed by atoms with E-state index in [0.29, 0.717) is 32.6 Å². The molecule has 1 aliphatic heterocycles. The number of nitrogens with two attached hydrogens (primary N) is 1. The standard InChI is InChI=1S/C14H21N3O2/c1-11-4-3-5-12(16-11)10-17(2)13(18)14(15)6-8-19-9-7-14/h3-5H,6-10,15H2,1-2H3. The highest BCUT2D eigenvalue weighted by molar-refractivity contribution is 5.86. The third-order valence-electron chi connectivity index (χ3n) is 3.50. The van der Waals surface area contributed by atoms with Gasteiger partial charge in [-0.3, -0.25) is 9.78 Å². The van der Waals surface area contributed by atoms with Crippen LogP contribution in [0.15, 0.2) is 18.2 Å². The van der Waals surface area contributed by atoms with Crippen LogP contribution in [0, 0.1) is 6.92 Å². The average Bonchev–Trinajstić information content (AvgIpc) is 2.38. The molecule has 1 aliphatic rings. The summed E-state index contributed by atoms with van der Waals surface area (Å²) < 4.78 is 5.27. The first kappa shape index (κ1) is 14.0. The summed E-state index contributed by atoms with van der Waals surface area (Å²) in [5.74, 6) is -0.0286. The van der Waals surface area contributed by atoms with Crippen LogP contribution in [0.2, 0.25) is 0 Å². The highest BCUT2D eigenvalue weighted by atomic mass is 16.5.